The van der Waals surface area contributed by atoms with Gasteiger partial charge in [-0.1, -0.05) is 50.1 Å². The van der Waals surface area contributed by atoms with Crippen LogP contribution in [-0.4, -0.2) is 30.4 Å². The minimum Gasteiger partial charge on any atom is -0.354 e. The van der Waals surface area contributed by atoms with Crippen LogP contribution in [0.2, 0.25) is 5.02 Å². The number of amides is 1. The van der Waals surface area contributed by atoms with E-state index in [-0.39, 0.29) is 11.9 Å². The Hall–Kier alpha value is -1.06. The highest BCUT2D eigenvalue weighted by molar-refractivity contribution is 6.31. The average Bonchev–Trinajstić information content (AvgIpc) is 2.49. The monoisotopic (exact) mass is 322 g/mol. The Bertz CT molecular complexity index is 484. The first-order valence-electron chi connectivity index (χ1n) is 8.33. The summed E-state index contributed by atoms with van der Waals surface area (Å²) in [6.07, 6.45) is 4.32. The van der Waals surface area contributed by atoms with Crippen molar-refractivity contribution in [2.75, 3.05) is 19.6 Å². The number of benzene rings is 1. The van der Waals surface area contributed by atoms with Gasteiger partial charge in [0.2, 0.25) is 5.91 Å². The van der Waals surface area contributed by atoms with E-state index in [0.29, 0.717) is 18.9 Å². The SMILES string of the molecule is CC(C)CC(=O)NCC(c1ccccc1Cl)N1CCCCC1. The van der Waals surface area contributed by atoms with Crippen molar-refractivity contribution in [3.8, 4) is 0 Å². The Morgan fingerprint density at radius 3 is 2.55 bits per heavy atom. The molecule has 1 heterocycles. The molecule has 1 aliphatic heterocycles. The van der Waals surface area contributed by atoms with E-state index in [0.717, 1.165) is 23.7 Å². The summed E-state index contributed by atoms with van der Waals surface area (Å²) in [7, 11) is 0. The fraction of sp³-hybridized carbons (Fsp3) is 0.611. The van der Waals surface area contributed by atoms with Crippen LogP contribution in [-0.2, 0) is 4.79 Å². The predicted octanol–water partition coefficient (Wildman–Crippen LogP) is 4.03. The molecule has 0 radical (unpaired) electrons. The molecule has 1 N–H and O–H groups in total. The molecule has 0 aliphatic carbocycles. The van der Waals surface area contributed by atoms with Gasteiger partial charge in [-0.2, -0.15) is 0 Å². The number of hydrogen-bond acceptors (Lipinski definition) is 2. The van der Waals surface area contributed by atoms with Crippen LogP contribution < -0.4 is 5.32 Å². The number of halogens is 1. The summed E-state index contributed by atoms with van der Waals surface area (Å²) in [4.78, 5) is 14.5. The van der Waals surface area contributed by atoms with Gasteiger partial charge in [0, 0.05) is 18.0 Å². The maximum Gasteiger partial charge on any atom is 0.220 e. The van der Waals surface area contributed by atoms with Gasteiger partial charge >= 0.3 is 0 Å². The lowest BCUT2D eigenvalue weighted by atomic mass is 10.0. The smallest absolute Gasteiger partial charge is 0.220 e. The molecule has 3 nitrogen and oxygen atoms in total. The summed E-state index contributed by atoms with van der Waals surface area (Å²) < 4.78 is 0. The van der Waals surface area contributed by atoms with Crippen molar-refractivity contribution >= 4 is 17.5 Å². The first-order valence-corrected chi connectivity index (χ1v) is 8.71. The number of nitrogens with zero attached hydrogens (tertiary/aromatic N) is 1. The van der Waals surface area contributed by atoms with Gasteiger partial charge in [0.1, 0.15) is 0 Å². The first-order chi connectivity index (χ1) is 10.6. The van der Waals surface area contributed by atoms with Gasteiger partial charge in [0.25, 0.3) is 0 Å². The van der Waals surface area contributed by atoms with E-state index in [4.69, 9.17) is 11.6 Å². The average molecular weight is 323 g/mol. The highest BCUT2D eigenvalue weighted by Gasteiger charge is 2.24. The summed E-state index contributed by atoms with van der Waals surface area (Å²) in [5.74, 6) is 0.512. The molecule has 22 heavy (non-hydrogen) atoms. The van der Waals surface area contributed by atoms with Crippen LogP contribution in [0, 0.1) is 5.92 Å². The van der Waals surface area contributed by atoms with Crippen LogP contribution in [0.5, 0.6) is 0 Å². The van der Waals surface area contributed by atoms with Gasteiger partial charge in [-0.05, 0) is 43.5 Å². The van der Waals surface area contributed by atoms with Crippen molar-refractivity contribution in [1.29, 1.82) is 0 Å². The molecule has 0 bridgehead atoms. The number of rotatable bonds is 6. The second kappa shape index (κ2) is 8.54. The second-order valence-electron chi connectivity index (χ2n) is 6.54. The summed E-state index contributed by atoms with van der Waals surface area (Å²) in [6, 6.07) is 8.16. The lowest BCUT2D eigenvalue weighted by molar-refractivity contribution is -0.122. The molecular weight excluding hydrogens is 296 g/mol. The lowest BCUT2D eigenvalue weighted by Gasteiger charge is -2.35. The lowest BCUT2D eigenvalue weighted by Crippen LogP contribution is -2.41. The second-order valence-corrected chi connectivity index (χ2v) is 6.94. The molecule has 1 aliphatic rings. The summed E-state index contributed by atoms with van der Waals surface area (Å²) in [5, 5.41) is 3.89. The Labute approximate surface area is 139 Å². The summed E-state index contributed by atoms with van der Waals surface area (Å²) in [5.41, 5.74) is 1.12. The zero-order valence-corrected chi connectivity index (χ0v) is 14.4. The van der Waals surface area contributed by atoms with E-state index in [9.17, 15) is 4.79 Å². The van der Waals surface area contributed by atoms with Crippen molar-refractivity contribution < 1.29 is 4.79 Å². The minimum atomic E-state index is 0.129. The van der Waals surface area contributed by atoms with Crippen LogP contribution >= 0.6 is 11.6 Å². The van der Waals surface area contributed by atoms with Crippen molar-refractivity contribution in [3.05, 3.63) is 34.9 Å². The zero-order valence-electron chi connectivity index (χ0n) is 13.6. The Kier molecular flexibility index (Phi) is 6.71. The van der Waals surface area contributed by atoms with Gasteiger partial charge in [-0.25, -0.2) is 0 Å². The number of carbonyl (C=O) groups excluding carboxylic acids is 1. The van der Waals surface area contributed by atoms with Crippen molar-refractivity contribution in [1.82, 2.24) is 10.2 Å². The summed E-state index contributed by atoms with van der Waals surface area (Å²) >= 11 is 6.40. The van der Waals surface area contributed by atoms with Gasteiger partial charge in [-0.3, -0.25) is 9.69 Å². The molecule has 1 unspecified atom stereocenters. The first kappa shape index (κ1) is 17.3. The fourth-order valence-corrected chi connectivity index (χ4v) is 3.33. The zero-order chi connectivity index (χ0) is 15.9. The van der Waals surface area contributed by atoms with Gasteiger partial charge in [0.05, 0.1) is 6.04 Å². The molecule has 0 spiro atoms. The molecule has 1 aromatic rings. The van der Waals surface area contributed by atoms with Gasteiger partial charge < -0.3 is 5.32 Å². The largest absolute Gasteiger partial charge is 0.354 e. The predicted molar refractivity (Wildman–Crippen MR) is 92.1 cm³/mol. The molecule has 1 amide bonds. The van der Waals surface area contributed by atoms with Crippen LogP contribution in [0.15, 0.2) is 24.3 Å². The Morgan fingerprint density at radius 2 is 1.91 bits per heavy atom. The molecular formula is C18H27ClN2O. The standard InChI is InChI=1S/C18H27ClN2O/c1-14(2)12-18(22)20-13-17(21-10-6-3-7-11-21)15-8-4-5-9-16(15)19/h4-5,8-9,14,17H,3,6-7,10-13H2,1-2H3,(H,20,22). The van der Waals surface area contributed by atoms with E-state index >= 15 is 0 Å². The van der Waals surface area contributed by atoms with Crippen LogP contribution in [0.4, 0.5) is 0 Å². The van der Waals surface area contributed by atoms with Gasteiger partial charge in [-0.15, -0.1) is 0 Å². The topological polar surface area (TPSA) is 32.3 Å². The molecule has 0 aromatic heterocycles. The maximum atomic E-state index is 12.0. The third-order valence-corrected chi connectivity index (χ3v) is 4.53. The Balaban J connectivity index is 2.08. The van der Waals surface area contributed by atoms with Crippen molar-refractivity contribution in [2.45, 2.75) is 45.6 Å². The molecule has 122 valence electrons. The van der Waals surface area contributed by atoms with Crippen molar-refractivity contribution in [2.24, 2.45) is 5.92 Å². The molecule has 1 aromatic carbocycles. The Morgan fingerprint density at radius 1 is 1.23 bits per heavy atom. The normalized spacial score (nSPS) is 17.5. The van der Waals surface area contributed by atoms with Crippen LogP contribution in [0.1, 0.15) is 51.1 Å². The number of piperidine rings is 1. The third kappa shape index (κ3) is 4.99. The highest BCUT2D eigenvalue weighted by atomic mass is 35.5. The molecule has 1 atom stereocenters. The fourth-order valence-electron chi connectivity index (χ4n) is 3.06. The van der Waals surface area contributed by atoms with Crippen molar-refractivity contribution in [3.63, 3.8) is 0 Å². The molecule has 1 fully saturated rings. The van der Waals surface area contributed by atoms with Crippen LogP contribution in [0.3, 0.4) is 0 Å². The number of hydrogen-bond donors (Lipinski definition) is 1. The highest BCUT2D eigenvalue weighted by Crippen LogP contribution is 2.29. The molecule has 4 heteroatoms. The maximum absolute atomic E-state index is 12.0. The number of likely N-dealkylation sites (tertiary alicyclic amines) is 1. The molecule has 2 rings (SSSR count). The molecule has 0 saturated carbocycles. The minimum absolute atomic E-state index is 0.129. The van der Waals surface area contributed by atoms with Gasteiger partial charge in [0.15, 0.2) is 0 Å². The van der Waals surface area contributed by atoms with Crippen LogP contribution in [0.25, 0.3) is 0 Å². The quantitative estimate of drug-likeness (QED) is 0.857. The van der Waals surface area contributed by atoms with E-state index in [1.165, 1.54) is 19.3 Å². The van der Waals surface area contributed by atoms with E-state index in [1.54, 1.807) is 0 Å². The van der Waals surface area contributed by atoms with E-state index < -0.39 is 0 Å². The number of nitrogens with one attached hydrogen (secondary N) is 1. The van der Waals surface area contributed by atoms with E-state index in [1.807, 2.05) is 18.2 Å². The summed E-state index contributed by atoms with van der Waals surface area (Å²) in [6.45, 7) is 6.92. The third-order valence-electron chi connectivity index (χ3n) is 4.18. The molecule has 1 saturated heterocycles. The van der Waals surface area contributed by atoms with E-state index in [2.05, 4.69) is 30.1 Å². The number of carbonyl (C=O) groups is 1.